The summed E-state index contributed by atoms with van der Waals surface area (Å²) in [6, 6.07) is 10.3. The summed E-state index contributed by atoms with van der Waals surface area (Å²) in [4.78, 5) is 29.8. The van der Waals surface area contributed by atoms with Gasteiger partial charge in [-0.2, -0.15) is 9.30 Å². The molecular formula is C24H26FN3O6S2. The van der Waals surface area contributed by atoms with Crippen LogP contribution in [-0.4, -0.2) is 56.0 Å². The van der Waals surface area contributed by atoms with Gasteiger partial charge < -0.3 is 14.0 Å². The topological polar surface area (TPSA) is 107 Å². The molecule has 192 valence electrons. The molecule has 4 rings (SSSR count). The summed E-state index contributed by atoms with van der Waals surface area (Å²) in [6.45, 7) is 2.10. The lowest BCUT2D eigenvalue weighted by molar-refractivity contribution is -0.143. The van der Waals surface area contributed by atoms with Gasteiger partial charge >= 0.3 is 5.97 Å². The number of benzene rings is 2. The van der Waals surface area contributed by atoms with Crippen molar-refractivity contribution < 1.29 is 31.9 Å². The Balaban J connectivity index is 1.53. The summed E-state index contributed by atoms with van der Waals surface area (Å²) in [5.74, 6) is -1.24. The second-order valence-electron chi connectivity index (χ2n) is 8.19. The number of hydrogen-bond acceptors (Lipinski definition) is 7. The van der Waals surface area contributed by atoms with Crippen LogP contribution in [0.4, 0.5) is 4.39 Å². The van der Waals surface area contributed by atoms with E-state index in [-0.39, 0.29) is 35.9 Å². The van der Waals surface area contributed by atoms with Gasteiger partial charge in [-0.25, -0.2) is 12.8 Å². The van der Waals surface area contributed by atoms with Crippen molar-refractivity contribution in [2.45, 2.75) is 31.2 Å². The highest BCUT2D eigenvalue weighted by Crippen LogP contribution is 2.26. The lowest BCUT2D eigenvalue weighted by Crippen LogP contribution is -2.40. The standard InChI is InChI=1S/C24H26FN3O6S2/c1-3-34-22(29)15-28-20-9-4-17(25)14-21(20)35-24(28)26-23(30)16-10-12-27(13-11-16)36(31,32)19-7-5-18(33-2)6-8-19/h4-9,14,16H,3,10-13,15H2,1-2H3. The van der Waals surface area contributed by atoms with Gasteiger partial charge in [0, 0.05) is 19.0 Å². The minimum absolute atomic E-state index is 0.162. The van der Waals surface area contributed by atoms with Crippen LogP contribution in [0.1, 0.15) is 19.8 Å². The Labute approximate surface area is 211 Å². The molecule has 1 fully saturated rings. The predicted molar refractivity (Wildman–Crippen MR) is 131 cm³/mol. The highest BCUT2D eigenvalue weighted by Gasteiger charge is 2.32. The quantitative estimate of drug-likeness (QED) is 0.431. The highest BCUT2D eigenvalue weighted by atomic mass is 32.2. The molecule has 9 nitrogen and oxygen atoms in total. The number of hydrogen-bond donors (Lipinski definition) is 0. The maximum Gasteiger partial charge on any atom is 0.326 e. The average Bonchev–Trinajstić information content (AvgIpc) is 3.19. The Morgan fingerprint density at radius 3 is 2.47 bits per heavy atom. The van der Waals surface area contributed by atoms with Crippen molar-refractivity contribution in [1.29, 1.82) is 0 Å². The number of rotatable bonds is 7. The van der Waals surface area contributed by atoms with Crippen molar-refractivity contribution in [3.05, 3.63) is 53.1 Å². The summed E-state index contributed by atoms with van der Waals surface area (Å²) in [5.41, 5.74) is 0.571. The van der Waals surface area contributed by atoms with Crippen molar-refractivity contribution in [2.24, 2.45) is 10.9 Å². The third-order valence-corrected chi connectivity index (χ3v) is 8.90. The van der Waals surface area contributed by atoms with E-state index in [9.17, 15) is 22.4 Å². The Bertz CT molecular complexity index is 1440. The maximum absolute atomic E-state index is 13.8. The van der Waals surface area contributed by atoms with Crippen molar-refractivity contribution in [3.63, 3.8) is 0 Å². The van der Waals surface area contributed by atoms with E-state index in [4.69, 9.17) is 9.47 Å². The third-order valence-electron chi connectivity index (χ3n) is 5.94. The normalized spacial score (nSPS) is 15.8. The van der Waals surface area contributed by atoms with Crippen LogP contribution in [0.3, 0.4) is 0 Å². The van der Waals surface area contributed by atoms with E-state index in [1.165, 1.54) is 41.7 Å². The number of carbonyl (C=O) groups is 2. The molecule has 2 heterocycles. The number of thiazole rings is 1. The first-order chi connectivity index (χ1) is 17.2. The number of amides is 1. The molecule has 0 unspecified atom stereocenters. The third kappa shape index (κ3) is 5.50. The molecule has 0 saturated carbocycles. The van der Waals surface area contributed by atoms with Gasteiger partial charge in [-0.3, -0.25) is 9.59 Å². The number of esters is 1. The van der Waals surface area contributed by atoms with Crippen molar-refractivity contribution in [3.8, 4) is 5.75 Å². The van der Waals surface area contributed by atoms with Crippen LogP contribution in [0.15, 0.2) is 52.4 Å². The largest absolute Gasteiger partial charge is 0.497 e. The molecule has 0 radical (unpaired) electrons. The first-order valence-electron chi connectivity index (χ1n) is 11.4. The predicted octanol–water partition coefficient (Wildman–Crippen LogP) is 2.94. The molecule has 0 N–H and O–H groups in total. The van der Waals surface area contributed by atoms with Gasteiger partial charge in [-0.05, 0) is 62.2 Å². The molecule has 1 aromatic heterocycles. The van der Waals surface area contributed by atoms with Gasteiger partial charge in [0.15, 0.2) is 4.80 Å². The monoisotopic (exact) mass is 535 g/mol. The highest BCUT2D eigenvalue weighted by molar-refractivity contribution is 7.89. The minimum Gasteiger partial charge on any atom is -0.497 e. The second-order valence-corrected chi connectivity index (χ2v) is 11.1. The number of aromatic nitrogens is 1. The van der Waals surface area contributed by atoms with Crippen molar-refractivity contribution in [1.82, 2.24) is 8.87 Å². The Morgan fingerprint density at radius 1 is 1.14 bits per heavy atom. The molecule has 1 aliphatic heterocycles. The second kappa shape index (κ2) is 10.9. The molecule has 0 atom stereocenters. The average molecular weight is 536 g/mol. The van der Waals surface area contributed by atoms with E-state index < -0.39 is 33.6 Å². The van der Waals surface area contributed by atoms with Crippen LogP contribution in [0.2, 0.25) is 0 Å². The zero-order valence-electron chi connectivity index (χ0n) is 19.8. The lowest BCUT2D eigenvalue weighted by atomic mass is 9.98. The minimum atomic E-state index is -3.70. The SMILES string of the molecule is CCOC(=O)Cn1c(=NC(=O)C2CCN(S(=O)(=O)c3ccc(OC)cc3)CC2)sc2cc(F)ccc21. The number of piperidine rings is 1. The molecule has 3 aromatic rings. The first kappa shape index (κ1) is 26.0. The molecule has 2 aromatic carbocycles. The van der Waals surface area contributed by atoms with Crippen molar-refractivity contribution >= 4 is 43.5 Å². The first-order valence-corrected chi connectivity index (χ1v) is 13.7. The fraction of sp³-hybridized carbons (Fsp3) is 0.375. The number of carbonyl (C=O) groups excluding carboxylic acids is 2. The van der Waals surface area contributed by atoms with Gasteiger partial charge in [-0.15, -0.1) is 0 Å². The van der Waals surface area contributed by atoms with E-state index >= 15 is 0 Å². The lowest BCUT2D eigenvalue weighted by Gasteiger charge is -2.29. The Morgan fingerprint density at radius 2 is 1.83 bits per heavy atom. The van der Waals surface area contributed by atoms with Gasteiger partial charge in [-0.1, -0.05) is 11.3 Å². The van der Waals surface area contributed by atoms with E-state index in [2.05, 4.69) is 4.99 Å². The summed E-state index contributed by atoms with van der Waals surface area (Å²) < 4.78 is 53.3. The Hall–Kier alpha value is -3.09. The van der Waals surface area contributed by atoms with Crippen molar-refractivity contribution in [2.75, 3.05) is 26.8 Å². The van der Waals surface area contributed by atoms with Gasteiger partial charge in [0.25, 0.3) is 5.91 Å². The molecule has 1 amide bonds. The molecule has 36 heavy (non-hydrogen) atoms. The fourth-order valence-corrected chi connectivity index (χ4v) is 6.58. The molecule has 1 saturated heterocycles. The molecule has 0 bridgehead atoms. The van der Waals surface area contributed by atoms with Crippen LogP contribution in [0.5, 0.6) is 5.75 Å². The van der Waals surface area contributed by atoms with Gasteiger partial charge in [0.1, 0.15) is 18.1 Å². The van der Waals surface area contributed by atoms with E-state index in [0.29, 0.717) is 28.8 Å². The van der Waals surface area contributed by atoms with Crippen LogP contribution in [0, 0.1) is 11.7 Å². The molecular weight excluding hydrogens is 509 g/mol. The zero-order valence-corrected chi connectivity index (χ0v) is 21.5. The molecule has 0 aliphatic carbocycles. The van der Waals surface area contributed by atoms with Crippen LogP contribution >= 0.6 is 11.3 Å². The van der Waals surface area contributed by atoms with E-state index in [0.717, 1.165) is 11.3 Å². The summed E-state index contributed by atoms with van der Waals surface area (Å²) in [7, 11) is -2.19. The fourth-order valence-electron chi connectivity index (χ4n) is 4.05. The number of ether oxygens (including phenoxy) is 2. The number of methoxy groups -OCH3 is 1. The molecule has 1 aliphatic rings. The molecule has 0 spiro atoms. The summed E-state index contributed by atoms with van der Waals surface area (Å²) in [6.07, 6.45) is 0.629. The maximum atomic E-state index is 13.8. The number of nitrogens with zero attached hydrogens (tertiary/aromatic N) is 3. The van der Waals surface area contributed by atoms with E-state index in [1.54, 1.807) is 23.6 Å². The Kier molecular flexibility index (Phi) is 7.86. The van der Waals surface area contributed by atoms with Gasteiger partial charge in [0.05, 0.1) is 28.8 Å². The van der Waals surface area contributed by atoms with Gasteiger partial charge in [0.2, 0.25) is 10.0 Å². The van der Waals surface area contributed by atoms with Crippen LogP contribution in [0.25, 0.3) is 10.2 Å². The van der Waals surface area contributed by atoms with E-state index in [1.807, 2.05) is 0 Å². The zero-order chi connectivity index (χ0) is 25.9. The number of fused-ring (bicyclic) bond motifs is 1. The van der Waals surface area contributed by atoms with Crippen LogP contribution < -0.4 is 9.54 Å². The summed E-state index contributed by atoms with van der Waals surface area (Å²) in [5, 5.41) is 0. The smallest absolute Gasteiger partial charge is 0.326 e. The summed E-state index contributed by atoms with van der Waals surface area (Å²) >= 11 is 1.11. The number of halogens is 1. The van der Waals surface area contributed by atoms with Crippen LogP contribution in [-0.2, 0) is 30.9 Å². The number of sulfonamides is 1. The molecule has 12 heteroatoms.